The van der Waals surface area contributed by atoms with Crippen molar-refractivity contribution in [2.24, 2.45) is 5.73 Å². The second-order valence-corrected chi connectivity index (χ2v) is 4.44. The van der Waals surface area contributed by atoms with Gasteiger partial charge in [0, 0.05) is 13.5 Å². The van der Waals surface area contributed by atoms with E-state index in [2.05, 4.69) is 0 Å². The van der Waals surface area contributed by atoms with Crippen molar-refractivity contribution in [1.29, 1.82) is 0 Å². The fourth-order valence-corrected chi connectivity index (χ4v) is 0.714. The van der Waals surface area contributed by atoms with Crippen LogP contribution in [0.15, 0.2) is 0 Å². The Bertz CT molecular complexity index is 440. The summed E-state index contributed by atoms with van der Waals surface area (Å²) < 4.78 is 0. The number of carboxylic acid groups (broad SMARTS) is 5. The first-order valence-corrected chi connectivity index (χ1v) is 6.75. The summed E-state index contributed by atoms with van der Waals surface area (Å²) in [4.78, 5) is 49.1. The molecular formula is C13H25NO12. The Hall–Kier alpha value is -2.77. The summed E-state index contributed by atoms with van der Waals surface area (Å²) in [5, 5.41) is 56.7. The molecule has 0 aromatic carbocycles. The van der Waals surface area contributed by atoms with E-state index in [1.165, 1.54) is 6.92 Å². The van der Waals surface area contributed by atoms with Gasteiger partial charge in [-0.2, -0.15) is 0 Å². The van der Waals surface area contributed by atoms with Crippen molar-refractivity contribution in [3.63, 3.8) is 0 Å². The number of carboxylic acids is 5. The Kier molecular flexibility index (Phi) is 20.4. The van der Waals surface area contributed by atoms with Gasteiger partial charge in [0.15, 0.2) is 5.60 Å². The molecule has 0 aliphatic carbocycles. The van der Waals surface area contributed by atoms with Gasteiger partial charge in [-0.1, -0.05) is 0 Å². The van der Waals surface area contributed by atoms with E-state index in [1.807, 2.05) is 0 Å². The first kappa shape index (κ1) is 31.0. The van der Waals surface area contributed by atoms with Crippen molar-refractivity contribution >= 4 is 29.8 Å². The summed E-state index contributed by atoms with van der Waals surface area (Å²) in [6, 6.07) is -0.731. The molecule has 0 aliphatic rings. The molecule has 0 rings (SSSR count). The largest absolute Gasteiger partial charge is 0.481 e. The Morgan fingerprint density at radius 3 is 1.19 bits per heavy atom. The van der Waals surface area contributed by atoms with E-state index < -0.39 is 54.3 Å². The van der Waals surface area contributed by atoms with Crippen LogP contribution in [0.1, 0.15) is 33.6 Å². The van der Waals surface area contributed by atoms with Gasteiger partial charge >= 0.3 is 23.9 Å². The van der Waals surface area contributed by atoms with Crippen LogP contribution in [0, 0.1) is 0 Å². The normalized spacial score (nSPS) is 10.2. The van der Waals surface area contributed by atoms with Crippen LogP contribution in [0.25, 0.3) is 0 Å². The molecule has 0 radical (unpaired) electrons. The lowest BCUT2D eigenvalue weighted by Gasteiger charge is -2.18. The van der Waals surface area contributed by atoms with E-state index in [-0.39, 0.29) is 6.61 Å². The molecule has 0 aliphatic heterocycles. The van der Waals surface area contributed by atoms with E-state index in [4.69, 9.17) is 46.3 Å². The highest BCUT2D eigenvalue weighted by atomic mass is 16.4. The number of aliphatic hydroxyl groups is 2. The van der Waals surface area contributed by atoms with Crippen molar-refractivity contribution in [2.45, 2.75) is 45.3 Å². The molecule has 0 unspecified atom stereocenters. The zero-order valence-electron chi connectivity index (χ0n) is 14.4. The van der Waals surface area contributed by atoms with Gasteiger partial charge in [0.05, 0.1) is 12.8 Å². The van der Waals surface area contributed by atoms with E-state index in [0.717, 1.165) is 6.92 Å². The molecule has 0 aromatic heterocycles. The maximum Gasteiger partial charge on any atom is 0.336 e. The monoisotopic (exact) mass is 387 g/mol. The van der Waals surface area contributed by atoms with Gasteiger partial charge < -0.3 is 41.5 Å². The van der Waals surface area contributed by atoms with E-state index in [1.54, 1.807) is 6.92 Å². The lowest BCUT2D eigenvalue weighted by Crippen LogP contribution is -2.42. The maximum atomic E-state index is 10.3. The standard InChI is InChI=1S/C6H8O7.C3H7NO2.C2H4O2.C2H6O/c7-3(8)1-6(13,5(11)12)2-4(9)10;1-2(4)3(5)6;1-2(3)4;1-2-3/h13H,1-2H2,(H,7,8)(H,9,10)(H,11,12);2H,4H2,1H3,(H,5,6);1H3,(H,3,4);3H,2H2,1H3/t;2-;;/m.0../s1. The second-order valence-electron chi connectivity index (χ2n) is 4.44. The lowest BCUT2D eigenvalue weighted by atomic mass is 9.96. The number of aliphatic hydroxyl groups excluding tert-OH is 1. The molecule has 0 heterocycles. The summed E-state index contributed by atoms with van der Waals surface area (Å²) in [5.41, 5.74) is 2.10. The minimum atomic E-state index is -2.74. The van der Waals surface area contributed by atoms with Crippen molar-refractivity contribution in [3.8, 4) is 0 Å². The van der Waals surface area contributed by atoms with Crippen molar-refractivity contribution in [3.05, 3.63) is 0 Å². The molecule has 26 heavy (non-hydrogen) atoms. The van der Waals surface area contributed by atoms with Gasteiger partial charge in [0.2, 0.25) is 0 Å². The van der Waals surface area contributed by atoms with Crippen LogP contribution >= 0.6 is 0 Å². The van der Waals surface area contributed by atoms with Crippen LogP contribution in [-0.4, -0.2) is 83.8 Å². The minimum absolute atomic E-state index is 0.250. The third kappa shape index (κ3) is 29.3. The SMILES string of the molecule is CC(=O)O.CCO.C[C@H](N)C(=O)O.O=C(O)CC(O)(CC(=O)O)C(=O)O. The molecule has 0 aromatic rings. The van der Waals surface area contributed by atoms with Gasteiger partial charge in [-0.25, -0.2) is 4.79 Å². The van der Waals surface area contributed by atoms with Crippen LogP contribution in [0.3, 0.4) is 0 Å². The van der Waals surface area contributed by atoms with Crippen molar-refractivity contribution in [1.82, 2.24) is 0 Å². The van der Waals surface area contributed by atoms with E-state index in [0.29, 0.717) is 0 Å². The molecule has 0 saturated carbocycles. The summed E-state index contributed by atoms with van der Waals surface area (Å²) in [5.74, 6) is -6.82. The Morgan fingerprint density at radius 2 is 1.12 bits per heavy atom. The molecule has 1 atom stereocenters. The molecule has 0 spiro atoms. The third-order valence-corrected chi connectivity index (χ3v) is 1.67. The predicted octanol–water partition coefficient (Wildman–Crippen LogP) is -1.74. The molecule has 0 amide bonds. The molecule has 9 N–H and O–H groups in total. The highest BCUT2D eigenvalue weighted by Crippen LogP contribution is 2.15. The molecule has 154 valence electrons. The highest BCUT2D eigenvalue weighted by Gasteiger charge is 2.40. The van der Waals surface area contributed by atoms with Gasteiger partial charge in [0.25, 0.3) is 5.97 Å². The number of rotatable bonds is 6. The Balaban J connectivity index is -0.000000154. The molecule has 0 saturated heterocycles. The Morgan fingerprint density at radius 1 is 0.923 bits per heavy atom. The number of nitrogens with two attached hydrogens (primary N) is 1. The molecular weight excluding hydrogens is 362 g/mol. The first-order valence-electron chi connectivity index (χ1n) is 6.75. The quantitative estimate of drug-likeness (QED) is 0.252. The second kappa shape index (κ2) is 17.1. The third-order valence-electron chi connectivity index (χ3n) is 1.67. The van der Waals surface area contributed by atoms with Crippen molar-refractivity contribution < 1.29 is 59.7 Å². The summed E-state index contributed by atoms with van der Waals surface area (Å²) in [6.45, 7) is 4.43. The smallest absolute Gasteiger partial charge is 0.336 e. The highest BCUT2D eigenvalue weighted by molar-refractivity contribution is 5.88. The van der Waals surface area contributed by atoms with Gasteiger partial charge in [-0.05, 0) is 13.8 Å². The predicted molar refractivity (Wildman–Crippen MR) is 84.4 cm³/mol. The number of aliphatic carboxylic acids is 5. The maximum absolute atomic E-state index is 10.3. The van der Waals surface area contributed by atoms with Gasteiger partial charge in [-0.15, -0.1) is 0 Å². The summed E-state index contributed by atoms with van der Waals surface area (Å²) in [7, 11) is 0. The average Bonchev–Trinajstić information content (AvgIpc) is 2.37. The fraction of sp³-hybridized carbons (Fsp3) is 0.615. The Labute approximate surface area is 148 Å². The van der Waals surface area contributed by atoms with Crippen LogP contribution < -0.4 is 5.73 Å². The van der Waals surface area contributed by atoms with Crippen LogP contribution in [0.2, 0.25) is 0 Å². The topological polar surface area (TPSA) is 253 Å². The summed E-state index contributed by atoms with van der Waals surface area (Å²) >= 11 is 0. The lowest BCUT2D eigenvalue weighted by molar-refractivity contribution is -0.170. The van der Waals surface area contributed by atoms with Crippen LogP contribution in [0.4, 0.5) is 0 Å². The average molecular weight is 387 g/mol. The minimum Gasteiger partial charge on any atom is -0.481 e. The number of hydrogen-bond acceptors (Lipinski definition) is 8. The zero-order chi connectivity index (χ0) is 22.1. The van der Waals surface area contributed by atoms with Crippen molar-refractivity contribution in [2.75, 3.05) is 6.61 Å². The zero-order valence-corrected chi connectivity index (χ0v) is 14.4. The molecule has 13 heteroatoms. The summed E-state index contributed by atoms with van der Waals surface area (Å²) in [6.07, 6.45) is -2.29. The van der Waals surface area contributed by atoms with Gasteiger partial charge in [0.1, 0.15) is 6.04 Å². The van der Waals surface area contributed by atoms with Gasteiger partial charge in [-0.3, -0.25) is 19.2 Å². The van der Waals surface area contributed by atoms with Crippen LogP contribution in [-0.2, 0) is 24.0 Å². The first-order chi connectivity index (χ1) is 11.6. The van der Waals surface area contributed by atoms with E-state index >= 15 is 0 Å². The number of hydrogen-bond donors (Lipinski definition) is 8. The molecule has 0 fully saturated rings. The number of carbonyl (C=O) groups is 5. The van der Waals surface area contributed by atoms with E-state index in [9.17, 15) is 19.2 Å². The molecule has 0 bridgehead atoms. The van der Waals surface area contributed by atoms with Crippen LogP contribution in [0.5, 0.6) is 0 Å². The fourth-order valence-electron chi connectivity index (χ4n) is 0.714. The molecule has 13 nitrogen and oxygen atoms in total.